The van der Waals surface area contributed by atoms with Gasteiger partial charge in [0, 0.05) is 10.9 Å². The second-order valence-electron chi connectivity index (χ2n) is 7.06. The number of carbonyl (C=O) groups excluding carboxylic acids is 2. The summed E-state index contributed by atoms with van der Waals surface area (Å²) >= 11 is 1.31. The first kappa shape index (κ1) is 21.3. The van der Waals surface area contributed by atoms with Crippen molar-refractivity contribution in [1.82, 2.24) is 4.98 Å². The summed E-state index contributed by atoms with van der Waals surface area (Å²) in [5.41, 5.74) is 3.87. The van der Waals surface area contributed by atoms with E-state index in [9.17, 15) is 14.7 Å². The highest BCUT2D eigenvalue weighted by molar-refractivity contribution is 7.14. The van der Waals surface area contributed by atoms with E-state index in [4.69, 9.17) is 4.74 Å². The monoisotopic (exact) mass is 444 g/mol. The Bertz CT molecular complexity index is 1220. The maximum Gasteiger partial charge on any atom is 0.338 e. The molecule has 1 atom stereocenters. The fourth-order valence-electron chi connectivity index (χ4n) is 3.01. The second-order valence-corrected chi connectivity index (χ2v) is 7.92. The third-order valence-corrected chi connectivity index (χ3v) is 5.54. The molecule has 0 radical (unpaired) electrons. The van der Waals surface area contributed by atoms with Gasteiger partial charge in [-0.25, -0.2) is 9.78 Å². The van der Waals surface area contributed by atoms with E-state index in [0.717, 1.165) is 22.4 Å². The minimum Gasteiger partial charge on any atom is -0.508 e. The summed E-state index contributed by atoms with van der Waals surface area (Å²) < 4.78 is 5.32. The van der Waals surface area contributed by atoms with Gasteiger partial charge in [-0.2, -0.15) is 0 Å². The van der Waals surface area contributed by atoms with Crippen molar-refractivity contribution in [2.45, 2.75) is 13.0 Å². The van der Waals surface area contributed by atoms with Gasteiger partial charge in [-0.05, 0) is 42.3 Å². The Balaban J connectivity index is 1.35. The summed E-state index contributed by atoms with van der Waals surface area (Å²) in [7, 11) is 0. The molecule has 0 saturated carbocycles. The number of aromatic hydroxyl groups is 1. The first-order valence-corrected chi connectivity index (χ1v) is 10.8. The van der Waals surface area contributed by atoms with Crippen LogP contribution >= 0.6 is 11.3 Å². The number of carbonyl (C=O) groups is 2. The molecule has 0 spiro atoms. The van der Waals surface area contributed by atoms with E-state index in [-0.39, 0.29) is 5.75 Å². The summed E-state index contributed by atoms with van der Waals surface area (Å²) in [6.07, 6.45) is -0.983. The molecule has 0 aliphatic heterocycles. The minimum atomic E-state index is -0.983. The van der Waals surface area contributed by atoms with Gasteiger partial charge in [0.15, 0.2) is 11.2 Å². The number of phenolic OH excluding ortho intramolecular Hbond substituents is 1. The lowest BCUT2D eigenvalue weighted by molar-refractivity contribution is -0.123. The Labute approximate surface area is 189 Å². The van der Waals surface area contributed by atoms with Crippen molar-refractivity contribution in [3.63, 3.8) is 0 Å². The van der Waals surface area contributed by atoms with Gasteiger partial charge in [0.1, 0.15) is 5.75 Å². The molecule has 0 fully saturated rings. The first-order valence-electron chi connectivity index (χ1n) is 9.92. The summed E-state index contributed by atoms with van der Waals surface area (Å²) in [5, 5.41) is 14.4. The van der Waals surface area contributed by atoms with Gasteiger partial charge in [0.05, 0.1) is 11.3 Å². The standard InChI is InChI=1S/C25H20N2O4S/c1-16(23(29)27-25-26-22(15-32-25)19-5-3-2-4-6-19)31-24(30)20-9-7-17(8-10-20)18-11-13-21(28)14-12-18/h2-16,28H,1H3,(H,26,27,29)/t16-/m1/s1. The van der Waals surface area contributed by atoms with Gasteiger partial charge in [-0.3, -0.25) is 10.1 Å². The number of nitrogens with one attached hydrogen (secondary N) is 1. The average molecular weight is 445 g/mol. The van der Waals surface area contributed by atoms with Gasteiger partial charge in [0.25, 0.3) is 5.91 Å². The third-order valence-electron chi connectivity index (χ3n) is 4.78. The van der Waals surface area contributed by atoms with Crippen molar-refractivity contribution in [3.8, 4) is 28.1 Å². The number of aromatic nitrogens is 1. The highest BCUT2D eigenvalue weighted by Crippen LogP contribution is 2.25. The van der Waals surface area contributed by atoms with Gasteiger partial charge >= 0.3 is 5.97 Å². The van der Waals surface area contributed by atoms with Gasteiger partial charge in [-0.1, -0.05) is 54.6 Å². The van der Waals surface area contributed by atoms with Crippen LogP contribution in [0.3, 0.4) is 0 Å². The van der Waals surface area contributed by atoms with Crippen LogP contribution in [-0.4, -0.2) is 28.1 Å². The van der Waals surface area contributed by atoms with Gasteiger partial charge in [-0.15, -0.1) is 11.3 Å². The molecule has 2 N–H and O–H groups in total. The van der Waals surface area contributed by atoms with E-state index < -0.39 is 18.0 Å². The molecule has 3 aromatic carbocycles. The zero-order valence-corrected chi connectivity index (χ0v) is 18.0. The van der Waals surface area contributed by atoms with Crippen LogP contribution in [0.15, 0.2) is 84.2 Å². The van der Waals surface area contributed by atoms with Crippen molar-refractivity contribution >= 4 is 28.3 Å². The first-order chi connectivity index (χ1) is 15.5. The zero-order chi connectivity index (χ0) is 22.5. The molecule has 1 aromatic heterocycles. The van der Waals surface area contributed by atoms with Gasteiger partial charge < -0.3 is 9.84 Å². The Morgan fingerprint density at radius 1 is 0.906 bits per heavy atom. The summed E-state index contributed by atoms with van der Waals surface area (Å²) in [6, 6.07) is 23.3. The molecule has 0 unspecified atom stereocenters. The van der Waals surface area contributed by atoms with Crippen LogP contribution in [0.1, 0.15) is 17.3 Å². The molecule has 1 amide bonds. The lowest BCUT2D eigenvalue weighted by Crippen LogP contribution is -2.29. The van der Waals surface area contributed by atoms with Crippen molar-refractivity contribution in [2.75, 3.05) is 5.32 Å². The Kier molecular flexibility index (Phi) is 6.28. The number of thiazole rings is 1. The fourth-order valence-corrected chi connectivity index (χ4v) is 3.74. The molecule has 0 bridgehead atoms. The van der Waals surface area contributed by atoms with Crippen LogP contribution < -0.4 is 5.32 Å². The number of nitrogens with zero attached hydrogens (tertiary/aromatic N) is 1. The minimum absolute atomic E-state index is 0.190. The molecule has 0 aliphatic carbocycles. The lowest BCUT2D eigenvalue weighted by atomic mass is 10.0. The molecule has 1 heterocycles. The van der Waals surface area contributed by atoms with Crippen molar-refractivity contribution in [2.24, 2.45) is 0 Å². The number of phenols is 1. The number of amides is 1. The highest BCUT2D eigenvalue weighted by Gasteiger charge is 2.20. The molecule has 32 heavy (non-hydrogen) atoms. The molecule has 160 valence electrons. The largest absolute Gasteiger partial charge is 0.508 e. The number of rotatable bonds is 6. The van der Waals surface area contributed by atoms with Crippen LogP contribution in [0.2, 0.25) is 0 Å². The van der Waals surface area contributed by atoms with E-state index in [2.05, 4.69) is 10.3 Å². The Morgan fingerprint density at radius 3 is 2.19 bits per heavy atom. The SMILES string of the molecule is C[C@@H](OC(=O)c1ccc(-c2ccc(O)cc2)cc1)C(=O)Nc1nc(-c2ccccc2)cs1. The fraction of sp³-hybridized carbons (Fsp3) is 0.0800. The van der Waals surface area contributed by atoms with Gasteiger partial charge in [0.2, 0.25) is 0 Å². The zero-order valence-electron chi connectivity index (χ0n) is 17.2. The predicted molar refractivity (Wildman–Crippen MR) is 125 cm³/mol. The number of anilines is 1. The van der Waals surface area contributed by atoms with E-state index in [0.29, 0.717) is 10.7 Å². The van der Waals surface area contributed by atoms with Crippen LogP contribution in [0.5, 0.6) is 5.75 Å². The molecule has 6 nitrogen and oxygen atoms in total. The lowest BCUT2D eigenvalue weighted by Gasteiger charge is -2.12. The topological polar surface area (TPSA) is 88.5 Å². The average Bonchev–Trinajstić information content (AvgIpc) is 3.28. The van der Waals surface area contributed by atoms with Crippen molar-refractivity contribution < 1.29 is 19.4 Å². The molecule has 4 rings (SSSR count). The molecule has 0 aliphatic rings. The van der Waals surface area contributed by atoms with E-state index in [1.807, 2.05) is 35.7 Å². The van der Waals surface area contributed by atoms with Crippen molar-refractivity contribution in [3.05, 3.63) is 89.8 Å². The number of hydrogen-bond donors (Lipinski definition) is 2. The predicted octanol–water partition coefficient (Wildman–Crippen LogP) is 5.37. The third kappa shape index (κ3) is 5.01. The summed E-state index contributed by atoms with van der Waals surface area (Å²) in [4.78, 5) is 29.3. The Morgan fingerprint density at radius 2 is 1.53 bits per heavy atom. The number of hydrogen-bond acceptors (Lipinski definition) is 6. The maximum absolute atomic E-state index is 12.4. The normalized spacial score (nSPS) is 11.5. The summed E-state index contributed by atoms with van der Waals surface area (Å²) in [5.74, 6) is -0.850. The number of esters is 1. The van der Waals surface area contributed by atoms with Crippen molar-refractivity contribution in [1.29, 1.82) is 0 Å². The van der Waals surface area contributed by atoms with Crippen LogP contribution in [0.4, 0.5) is 5.13 Å². The molecule has 4 aromatic rings. The Hall–Kier alpha value is -3.97. The number of benzene rings is 3. The van der Waals surface area contributed by atoms with Crippen LogP contribution in [0.25, 0.3) is 22.4 Å². The molecule has 0 saturated heterocycles. The molecule has 7 heteroatoms. The van der Waals surface area contributed by atoms with E-state index >= 15 is 0 Å². The second kappa shape index (κ2) is 9.45. The maximum atomic E-state index is 12.4. The van der Waals surface area contributed by atoms with Crippen LogP contribution in [-0.2, 0) is 9.53 Å². The van der Waals surface area contributed by atoms with E-state index in [1.165, 1.54) is 18.3 Å². The molecular formula is C25H20N2O4S. The quantitative estimate of drug-likeness (QED) is 0.391. The molecular weight excluding hydrogens is 424 g/mol. The summed E-state index contributed by atoms with van der Waals surface area (Å²) in [6.45, 7) is 1.52. The van der Waals surface area contributed by atoms with E-state index in [1.54, 1.807) is 48.5 Å². The number of ether oxygens (including phenoxy) is 1. The smallest absolute Gasteiger partial charge is 0.338 e. The highest BCUT2D eigenvalue weighted by atomic mass is 32.1. The van der Waals surface area contributed by atoms with Crippen LogP contribution in [0, 0.1) is 0 Å².